The fourth-order valence-corrected chi connectivity index (χ4v) is 3.86. The van der Waals surface area contributed by atoms with Crippen molar-refractivity contribution in [1.29, 1.82) is 0 Å². The van der Waals surface area contributed by atoms with Crippen molar-refractivity contribution in [3.8, 4) is 5.75 Å². The summed E-state index contributed by atoms with van der Waals surface area (Å²) in [5.74, 6) is 0.869. The third kappa shape index (κ3) is 4.76. The van der Waals surface area contributed by atoms with E-state index in [0.717, 1.165) is 23.3 Å². The van der Waals surface area contributed by atoms with E-state index in [1.165, 1.54) is 24.3 Å². The Kier molecular flexibility index (Phi) is 5.24. The standard InChI is InChI=1S/C18H18F3NO3S/c19-18(20,21)12-14-1-4-16(5-2-14)26(23,24)22-9-7-13-3-6-17-15(11-13)8-10-25-17/h1-6,11,22H,7-10,12H2. The molecule has 1 heterocycles. The molecular formula is C18H18F3NO3S. The first kappa shape index (κ1) is 18.7. The maximum absolute atomic E-state index is 12.3. The molecule has 2 aromatic rings. The normalized spacial score (nSPS) is 14.1. The van der Waals surface area contributed by atoms with Crippen LogP contribution in [0.3, 0.4) is 0 Å². The molecule has 0 saturated carbocycles. The first-order valence-corrected chi connectivity index (χ1v) is 9.61. The fourth-order valence-electron chi connectivity index (χ4n) is 2.83. The number of rotatable bonds is 6. The SMILES string of the molecule is O=S(=O)(NCCc1ccc2c(c1)CCO2)c1ccc(CC(F)(F)F)cc1. The van der Waals surface area contributed by atoms with Crippen LogP contribution in [0.4, 0.5) is 13.2 Å². The smallest absolute Gasteiger partial charge is 0.393 e. The summed E-state index contributed by atoms with van der Waals surface area (Å²) in [5, 5.41) is 0. The summed E-state index contributed by atoms with van der Waals surface area (Å²) in [6, 6.07) is 10.5. The quantitative estimate of drug-likeness (QED) is 0.831. The Morgan fingerprint density at radius 1 is 1.04 bits per heavy atom. The topological polar surface area (TPSA) is 55.4 Å². The molecule has 4 nitrogen and oxygen atoms in total. The van der Waals surface area contributed by atoms with Crippen molar-refractivity contribution in [2.75, 3.05) is 13.2 Å². The van der Waals surface area contributed by atoms with E-state index in [4.69, 9.17) is 4.74 Å². The molecule has 1 N–H and O–H groups in total. The van der Waals surface area contributed by atoms with Crippen LogP contribution in [0.15, 0.2) is 47.4 Å². The van der Waals surface area contributed by atoms with Gasteiger partial charge in [0, 0.05) is 13.0 Å². The highest BCUT2D eigenvalue weighted by molar-refractivity contribution is 7.89. The summed E-state index contributed by atoms with van der Waals surface area (Å²) in [6.45, 7) is 0.863. The van der Waals surface area contributed by atoms with E-state index in [1.807, 2.05) is 18.2 Å². The Labute approximate surface area is 150 Å². The highest BCUT2D eigenvalue weighted by atomic mass is 32.2. The first-order valence-electron chi connectivity index (χ1n) is 8.13. The zero-order valence-corrected chi connectivity index (χ0v) is 14.7. The molecule has 0 bridgehead atoms. The Balaban J connectivity index is 1.58. The fraction of sp³-hybridized carbons (Fsp3) is 0.333. The van der Waals surface area contributed by atoms with E-state index >= 15 is 0 Å². The summed E-state index contributed by atoms with van der Waals surface area (Å²) in [7, 11) is -3.76. The molecule has 0 radical (unpaired) electrons. The van der Waals surface area contributed by atoms with Crippen LogP contribution in [-0.2, 0) is 29.3 Å². The van der Waals surface area contributed by atoms with Gasteiger partial charge >= 0.3 is 6.18 Å². The Morgan fingerprint density at radius 2 is 1.73 bits per heavy atom. The molecule has 0 aromatic heterocycles. The second kappa shape index (κ2) is 7.28. The highest BCUT2D eigenvalue weighted by Crippen LogP contribution is 2.26. The monoisotopic (exact) mass is 385 g/mol. The van der Waals surface area contributed by atoms with Crippen LogP contribution in [0, 0.1) is 0 Å². The second-order valence-electron chi connectivity index (χ2n) is 6.12. The number of hydrogen-bond donors (Lipinski definition) is 1. The average Bonchev–Trinajstić information content (AvgIpc) is 3.01. The van der Waals surface area contributed by atoms with Gasteiger partial charge in [-0.05, 0) is 41.3 Å². The number of halogens is 3. The minimum Gasteiger partial charge on any atom is -0.493 e. The van der Waals surface area contributed by atoms with Gasteiger partial charge < -0.3 is 4.74 Å². The molecule has 0 amide bonds. The van der Waals surface area contributed by atoms with Crippen molar-refractivity contribution in [3.05, 3.63) is 59.2 Å². The van der Waals surface area contributed by atoms with Gasteiger partial charge in [-0.2, -0.15) is 13.2 Å². The number of hydrogen-bond acceptors (Lipinski definition) is 3. The van der Waals surface area contributed by atoms with Gasteiger partial charge in [0.1, 0.15) is 5.75 Å². The van der Waals surface area contributed by atoms with Crippen LogP contribution in [0.25, 0.3) is 0 Å². The summed E-state index contributed by atoms with van der Waals surface area (Å²) >= 11 is 0. The molecule has 26 heavy (non-hydrogen) atoms. The van der Waals surface area contributed by atoms with Gasteiger partial charge in [0.15, 0.2) is 0 Å². The van der Waals surface area contributed by atoms with Gasteiger partial charge in [-0.15, -0.1) is 0 Å². The molecule has 3 rings (SSSR count). The summed E-state index contributed by atoms with van der Waals surface area (Å²) in [6.07, 6.45) is -4.04. The van der Waals surface area contributed by atoms with Gasteiger partial charge in [-0.1, -0.05) is 24.3 Å². The maximum atomic E-state index is 12.3. The Morgan fingerprint density at radius 3 is 2.42 bits per heavy atom. The van der Waals surface area contributed by atoms with Gasteiger partial charge in [-0.25, -0.2) is 13.1 Å². The molecule has 0 saturated heterocycles. The van der Waals surface area contributed by atoms with E-state index in [-0.39, 0.29) is 17.0 Å². The van der Waals surface area contributed by atoms with Gasteiger partial charge in [0.2, 0.25) is 10.0 Å². The second-order valence-corrected chi connectivity index (χ2v) is 7.89. The van der Waals surface area contributed by atoms with Gasteiger partial charge in [0.25, 0.3) is 0 Å². The van der Waals surface area contributed by atoms with E-state index in [2.05, 4.69) is 4.72 Å². The zero-order chi connectivity index (χ0) is 18.8. The van der Waals surface area contributed by atoms with E-state index in [1.54, 1.807) is 0 Å². The minimum absolute atomic E-state index is 0.0248. The first-order chi connectivity index (χ1) is 12.2. The number of fused-ring (bicyclic) bond motifs is 1. The predicted octanol–water partition coefficient (Wildman–Crippen LogP) is 3.25. The molecule has 1 aliphatic heterocycles. The molecule has 0 unspecified atom stereocenters. The largest absolute Gasteiger partial charge is 0.493 e. The lowest BCUT2D eigenvalue weighted by atomic mass is 10.1. The molecule has 140 valence electrons. The van der Waals surface area contributed by atoms with Crippen molar-refractivity contribution in [2.24, 2.45) is 0 Å². The molecular weight excluding hydrogens is 367 g/mol. The lowest BCUT2D eigenvalue weighted by Crippen LogP contribution is -2.26. The van der Waals surface area contributed by atoms with Crippen molar-refractivity contribution in [3.63, 3.8) is 0 Å². The lowest BCUT2D eigenvalue weighted by Gasteiger charge is -2.09. The van der Waals surface area contributed by atoms with Crippen molar-refractivity contribution in [2.45, 2.75) is 30.3 Å². The predicted molar refractivity (Wildman–Crippen MR) is 90.7 cm³/mol. The van der Waals surface area contributed by atoms with E-state index in [9.17, 15) is 21.6 Å². The van der Waals surface area contributed by atoms with Crippen LogP contribution < -0.4 is 9.46 Å². The number of alkyl halides is 3. The van der Waals surface area contributed by atoms with Gasteiger partial charge in [-0.3, -0.25) is 0 Å². The molecule has 0 atom stereocenters. The zero-order valence-electron chi connectivity index (χ0n) is 13.8. The van der Waals surface area contributed by atoms with Gasteiger partial charge in [0.05, 0.1) is 17.9 Å². The number of nitrogens with one attached hydrogen (secondary N) is 1. The Hall–Kier alpha value is -2.06. The van der Waals surface area contributed by atoms with Crippen LogP contribution >= 0.6 is 0 Å². The number of sulfonamides is 1. The highest BCUT2D eigenvalue weighted by Gasteiger charge is 2.27. The summed E-state index contributed by atoms with van der Waals surface area (Å²) in [5.41, 5.74) is 2.14. The van der Waals surface area contributed by atoms with Crippen molar-refractivity contribution >= 4 is 10.0 Å². The molecule has 8 heteroatoms. The molecule has 1 aliphatic rings. The van der Waals surface area contributed by atoms with E-state index in [0.29, 0.717) is 13.0 Å². The maximum Gasteiger partial charge on any atom is 0.393 e. The molecule has 0 aliphatic carbocycles. The minimum atomic E-state index is -4.32. The average molecular weight is 385 g/mol. The summed E-state index contributed by atoms with van der Waals surface area (Å²) < 4.78 is 69.5. The van der Waals surface area contributed by atoms with Crippen LogP contribution in [0.5, 0.6) is 5.75 Å². The van der Waals surface area contributed by atoms with E-state index < -0.39 is 22.6 Å². The number of ether oxygens (including phenoxy) is 1. The van der Waals surface area contributed by atoms with Crippen LogP contribution in [0.2, 0.25) is 0 Å². The van der Waals surface area contributed by atoms with Crippen LogP contribution in [0.1, 0.15) is 16.7 Å². The third-order valence-electron chi connectivity index (χ3n) is 4.10. The summed E-state index contributed by atoms with van der Waals surface area (Å²) in [4.78, 5) is -0.0502. The molecule has 0 spiro atoms. The lowest BCUT2D eigenvalue weighted by molar-refractivity contribution is -0.127. The van der Waals surface area contributed by atoms with Crippen molar-refractivity contribution < 1.29 is 26.3 Å². The molecule has 0 fully saturated rings. The third-order valence-corrected chi connectivity index (χ3v) is 5.57. The number of benzene rings is 2. The Bertz CT molecular complexity index is 878. The van der Waals surface area contributed by atoms with Crippen molar-refractivity contribution in [1.82, 2.24) is 4.72 Å². The molecule has 2 aromatic carbocycles. The van der Waals surface area contributed by atoms with Crippen LogP contribution in [-0.4, -0.2) is 27.7 Å².